The van der Waals surface area contributed by atoms with E-state index in [-0.39, 0.29) is 17.6 Å². The van der Waals surface area contributed by atoms with Gasteiger partial charge in [0.25, 0.3) is 0 Å². The predicted octanol–water partition coefficient (Wildman–Crippen LogP) is 1.92. The number of anilines is 1. The number of aliphatic hydroxyl groups is 1. The molecule has 0 bridgehead atoms. The summed E-state index contributed by atoms with van der Waals surface area (Å²) in [5, 5.41) is 14.9. The number of aliphatic hydroxyl groups excluding tert-OH is 1. The van der Waals surface area contributed by atoms with Gasteiger partial charge in [-0.1, -0.05) is 20.8 Å². The number of hydrogen-bond donors (Lipinski definition) is 4. The number of nitrogens with one attached hydrogen (secondary N) is 2. The number of aromatic amines is 1. The van der Waals surface area contributed by atoms with Gasteiger partial charge in [0.05, 0.1) is 11.6 Å². The fourth-order valence-electron chi connectivity index (χ4n) is 2.64. The van der Waals surface area contributed by atoms with E-state index in [0.29, 0.717) is 11.2 Å². The van der Waals surface area contributed by atoms with Crippen LogP contribution in [0.4, 0.5) is 5.69 Å². The summed E-state index contributed by atoms with van der Waals surface area (Å²) in [6.07, 6.45) is 0.105. The van der Waals surface area contributed by atoms with Crippen molar-refractivity contribution in [3.63, 3.8) is 0 Å². The molecule has 2 rings (SSSR count). The molecule has 21 heavy (non-hydrogen) atoms. The molecule has 0 aliphatic heterocycles. The molecule has 0 fully saturated rings. The lowest BCUT2D eigenvalue weighted by molar-refractivity contribution is 0.123. The summed E-state index contributed by atoms with van der Waals surface area (Å²) in [5.74, 6) is 0. The lowest BCUT2D eigenvalue weighted by atomic mass is 9.95. The second-order valence-electron chi connectivity index (χ2n) is 5.67. The molecule has 2 aromatic rings. The minimum atomic E-state index is -0.686. The van der Waals surface area contributed by atoms with E-state index in [1.165, 1.54) is 6.07 Å². The van der Waals surface area contributed by atoms with Gasteiger partial charge in [-0.3, -0.25) is 4.79 Å². The molecule has 5 nitrogen and oxygen atoms in total. The van der Waals surface area contributed by atoms with Gasteiger partial charge in [0.1, 0.15) is 0 Å². The van der Waals surface area contributed by atoms with Gasteiger partial charge in [0, 0.05) is 29.2 Å². The van der Waals surface area contributed by atoms with Crippen molar-refractivity contribution in [3.05, 3.63) is 40.2 Å². The van der Waals surface area contributed by atoms with Gasteiger partial charge in [-0.2, -0.15) is 0 Å². The zero-order valence-corrected chi connectivity index (χ0v) is 12.7. The Labute approximate surface area is 124 Å². The molecule has 1 heterocycles. The summed E-state index contributed by atoms with van der Waals surface area (Å²) in [7, 11) is 0. The van der Waals surface area contributed by atoms with Gasteiger partial charge < -0.3 is 21.1 Å². The number of aromatic nitrogens is 1. The van der Waals surface area contributed by atoms with Crippen LogP contribution in [-0.2, 0) is 0 Å². The third kappa shape index (κ3) is 3.43. The van der Waals surface area contributed by atoms with Crippen molar-refractivity contribution in [1.29, 1.82) is 0 Å². The van der Waals surface area contributed by atoms with Gasteiger partial charge in [-0.15, -0.1) is 0 Å². The molecule has 0 amide bonds. The van der Waals surface area contributed by atoms with Crippen LogP contribution in [0.1, 0.15) is 38.9 Å². The van der Waals surface area contributed by atoms with Crippen molar-refractivity contribution in [3.8, 4) is 0 Å². The van der Waals surface area contributed by atoms with Crippen LogP contribution in [0.15, 0.2) is 29.1 Å². The van der Waals surface area contributed by atoms with Gasteiger partial charge >= 0.3 is 0 Å². The molecule has 5 N–H and O–H groups in total. The number of hydrogen-bond acceptors (Lipinski definition) is 4. The average molecular weight is 289 g/mol. The van der Waals surface area contributed by atoms with E-state index in [4.69, 9.17) is 5.73 Å². The van der Waals surface area contributed by atoms with Crippen LogP contribution >= 0.6 is 0 Å². The quantitative estimate of drug-likeness (QED) is 0.633. The van der Waals surface area contributed by atoms with Crippen LogP contribution in [-0.4, -0.2) is 22.2 Å². The number of rotatable bonds is 5. The highest BCUT2D eigenvalue weighted by Crippen LogP contribution is 2.28. The predicted molar refractivity (Wildman–Crippen MR) is 86.3 cm³/mol. The van der Waals surface area contributed by atoms with E-state index in [1.807, 2.05) is 20.8 Å². The number of nitrogen functional groups attached to an aromatic ring is 1. The van der Waals surface area contributed by atoms with Crippen molar-refractivity contribution in [2.75, 3.05) is 5.73 Å². The maximum absolute atomic E-state index is 11.4. The molecular weight excluding hydrogens is 266 g/mol. The Balaban J connectivity index is 2.51. The molecule has 1 aromatic carbocycles. The molecule has 0 saturated carbocycles. The third-order valence-corrected chi connectivity index (χ3v) is 3.58. The summed E-state index contributed by atoms with van der Waals surface area (Å²) in [6, 6.07) is 6.89. The smallest absolute Gasteiger partial charge is 0.248 e. The number of benzene rings is 1. The zero-order chi connectivity index (χ0) is 15.6. The highest BCUT2D eigenvalue weighted by Gasteiger charge is 2.22. The SMILES string of the molecule is CC[C@@H](NC(C)C)[C@@H](O)c1cc(N)cc2[nH]c(=O)ccc12. The van der Waals surface area contributed by atoms with Gasteiger partial charge in [0.15, 0.2) is 0 Å². The largest absolute Gasteiger partial charge is 0.399 e. The lowest BCUT2D eigenvalue weighted by Crippen LogP contribution is -2.39. The summed E-state index contributed by atoms with van der Waals surface area (Å²) in [6.45, 7) is 6.12. The van der Waals surface area contributed by atoms with Crippen molar-refractivity contribution >= 4 is 16.6 Å². The second kappa shape index (κ2) is 6.28. The Bertz CT molecular complexity index is 679. The molecular formula is C16H23N3O2. The number of fused-ring (bicyclic) bond motifs is 1. The lowest BCUT2D eigenvalue weighted by Gasteiger charge is -2.26. The molecule has 0 radical (unpaired) electrons. The van der Waals surface area contributed by atoms with E-state index in [1.54, 1.807) is 18.2 Å². The van der Waals surface area contributed by atoms with Crippen molar-refractivity contribution in [2.45, 2.75) is 45.4 Å². The highest BCUT2D eigenvalue weighted by molar-refractivity contribution is 5.85. The van der Waals surface area contributed by atoms with E-state index in [9.17, 15) is 9.90 Å². The Hall–Kier alpha value is -1.85. The highest BCUT2D eigenvalue weighted by atomic mass is 16.3. The fraction of sp³-hybridized carbons (Fsp3) is 0.438. The summed E-state index contributed by atoms with van der Waals surface area (Å²) < 4.78 is 0. The van der Waals surface area contributed by atoms with Crippen LogP contribution in [0.3, 0.4) is 0 Å². The first-order valence-corrected chi connectivity index (χ1v) is 7.29. The summed E-state index contributed by atoms with van der Waals surface area (Å²) in [4.78, 5) is 14.2. The molecule has 0 saturated heterocycles. The normalized spacial score (nSPS) is 14.5. The minimum Gasteiger partial charge on any atom is -0.399 e. The molecule has 114 valence electrons. The number of nitrogens with two attached hydrogens (primary N) is 1. The average Bonchev–Trinajstić information content (AvgIpc) is 2.42. The van der Waals surface area contributed by atoms with Crippen LogP contribution in [0.5, 0.6) is 0 Å². The summed E-state index contributed by atoms with van der Waals surface area (Å²) >= 11 is 0. The Morgan fingerprint density at radius 3 is 2.67 bits per heavy atom. The first-order chi connectivity index (χ1) is 9.92. The second-order valence-corrected chi connectivity index (χ2v) is 5.67. The first-order valence-electron chi connectivity index (χ1n) is 7.29. The Morgan fingerprint density at radius 2 is 2.05 bits per heavy atom. The molecule has 5 heteroatoms. The van der Waals surface area contributed by atoms with E-state index in [0.717, 1.165) is 17.4 Å². The van der Waals surface area contributed by atoms with E-state index in [2.05, 4.69) is 10.3 Å². The van der Waals surface area contributed by atoms with E-state index < -0.39 is 6.10 Å². The van der Waals surface area contributed by atoms with Crippen molar-refractivity contribution in [2.24, 2.45) is 0 Å². The van der Waals surface area contributed by atoms with Crippen molar-refractivity contribution < 1.29 is 5.11 Å². The number of H-pyrrole nitrogens is 1. The maximum Gasteiger partial charge on any atom is 0.248 e. The third-order valence-electron chi connectivity index (χ3n) is 3.58. The Morgan fingerprint density at radius 1 is 1.33 bits per heavy atom. The molecule has 0 aliphatic rings. The van der Waals surface area contributed by atoms with E-state index >= 15 is 0 Å². The maximum atomic E-state index is 11.4. The molecule has 0 unspecified atom stereocenters. The number of pyridine rings is 1. The molecule has 1 aromatic heterocycles. The fourth-order valence-corrected chi connectivity index (χ4v) is 2.64. The molecule has 2 atom stereocenters. The van der Waals surface area contributed by atoms with Crippen LogP contribution < -0.4 is 16.6 Å². The van der Waals surface area contributed by atoms with Gasteiger partial charge in [0.2, 0.25) is 5.56 Å². The Kier molecular flexibility index (Phi) is 4.65. The van der Waals surface area contributed by atoms with Crippen LogP contribution in [0.25, 0.3) is 10.9 Å². The van der Waals surface area contributed by atoms with Gasteiger partial charge in [-0.25, -0.2) is 0 Å². The topological polar surface area (TPSA) is 91.1 Å². The first kappa shape index (κ1) is 15.5. The zero-order valence-electron chi connectivity index (χ0n) is 12.7. The molecule has 0 spiro atoms. The molecule has 0 aliphatic carbocycles. The summed E-state index contributed by atoms with van der Waals surface area (Å²) in [5.41, 5.74) is 7.63. The van der Waals surface area contributed by atoms with Gasteiger partial charge in [-0.05, 0) is 30.2 Å². The van der Waals surface area contributed by atoms with Crippen LogP contribution in [0.2, 0.25) is 0 Å². The standard InChI is InChI=1S/C16H23N3O2/c1-4-13(18-9(2)3)16(21)12-7-10(17)8-14-11(12)5-6-15(20)19-14/h5-9,13,16,18,21H,4,17H2,1-3H3,(H,19,20)/t13-,16+/m1/s1. The monoisotopic (exact) mass is 289 g/mol. The van der Waals surface area contributed by atoms with Crippen molar-refractivity contribution in [1.82, 2.24) is 10.3 Å². The minimum absolute atomic E-state index is 0.0677. The van der Waals surface area contributed by atoms with Crippen LogP contribution in [0, 0.1) is 0 Å².